The Morgan fingerprint density at radius 3 is 2.72 bits per heavy atom. The third-order valence-electron chi connectivity index (χ3n) is 4.55. The summed E-state index contributed by atoms with van der Waals surface area (Å²) < 4.78 is 7.40. The first-order valence-electron chi connectivity index (χ1n) is 9.45. The van der Waals surface area contributed by atoms with Gasteiger partial charge in [-0.25, -0.2) is 4.68 Å². The molecule has 1 N–H and O–H groups in total. The Bertz CT molecular complexity index is 1070. The summed E-state index contributed by atoms with van der Waals surface area (Å²) in [5.41, 5.74) is 3.33. The molecule has 0 unspecified atom stereocenters. The van der Waals surface area contributed by atoms with Crippen molar-refractivity contribution in [3.05, 3.63) is 70.4 Å². The summed E-state index contributed by atoms with van der Waals surface area (Å²) in [5.74, 6) is 1.47. The van der Waals surface area contributed by atoms with E-state index >= 15 is 0 Å². The quantitative estimate of drug-likeness (QED) is 0.474. The van der Waals surface area contributed by atoms with Crippen molar-refractivity contribution in [2.24, 2.45) is 0 Å². The second-order valence-corrected chi connectivity index (χ2v) is 7.39. The Morgan fingerprint density at radius 2 is 1.97 bits per heavy atom. The summed E-state index contributed by atoms with van der Waals surface area (Å²) in [4.78, 5) is 12.4. The second-order valence-electron chi connectivity index (χ2n) is 6.61. The molecule has 7 nitrogen and oxygen atoms in total. The highest BCUT2D eigenvalue weighted by molar-refractivity contribution is 7.08. The van der Waals surface area contributed by atoms with E-state index in [4.69, 9.17) is 4.42 Å². The van der Waals surface area contributed by atoms with Gasteiger partial charge in [-0.2, -0.15) is 16.4 Å². The van der Waals surface area contributed by atoms with Crippen molar-refractivity contribution in [3.63, 3.8) is 0 Å². The van der Waals surface area contributed by atoms with E-state index in [1.54, 1.807) is 28.3 Å². The molecule has 0 saturated carbocycles. The topological polar surface area (TPSA) is 85.8 Å². The highest BCUT2D eigenvalue weighted by atomic mass is 32.1. The first-order valence-corrected chi connectivity index (χ1v) is 10.4. The number of nitrogens with one attached hydrogen (secondary N) is 1. The lowest BCUT2D eigenvalue weighted by atomic mass is 10.1. The average molecular weight is 407 g/mol. The maximum absolute atomic E-state index is 12.4. The fourth-order valence-electron chi connectivity index (χ4n) is 2.90. The molecule has 0 spiro atoms. The van der Waals surface area contributed by atoms with Crippen molar-refractivity contribution >= 4 is 23.1 Å². The van der Waals surface area contributed by atoms with Crippen molar-refractivity contribution in [1.29, 1.82) is 0 Å². The summed E-state index contributed by atoms with van der Waals surface area (Å²) in [6, 6.07) is 12.1. The number of thiophene rings is 1. The fraction of sp³-hybridized carbons (Fsp3) is 0.238. The van der Waals surface area contributed by atoms with E-state index in [1.165, 1.54) is 5.56 Å². The average Bonchev–Trinajstić information content (AvgIpc) is 3.49. The standard InChI is InChI=1S/C21H21N5O2S/c1-2-15-3-5-16(6-4-15)13-26-18(9-11-22-26)23-19(27)7-8-20-24-25-21(28-20)17-10-12-29-14-17/h3-6,9-12,14H,2,7-8,13H2,1H3,(H,23,27). The molecule has 0 fully saturated rings. The van der Waals surface area contributed by atoms with Gasteiger partial charge in [-0.15, -0.1) is 10.2 Å². The number of hydrogen-bond donors (Lipinski definition) is 1. The zero-order chi connectivity index (χ0) is 20.1. The maximum Gasteiger partial charge on any atom is 0.248 e. The molecule has 0 atom stereocenters. The molecule has 29 heavy (non-hydrogen) atoms. The smallest absolute Gasteiger partial charge is 0.248 e. The van der Waals surface area contributed by atoms with E-state index in [0.29, 0.717) is 30.6 Å². The van der Waals surface area contributed by atoms with E-state index in [2.05, 4.69) is 51.8 Å². The molecule has 0 saturated heterocycles. The lowest BCUT2D eigenvalue weighted by Crippen LogP contribution is -2.16. The third kappa shape index (κ3) is 4.78. The molecular formula is C21H21N5O2S. The van der Waals surface area contributed by atoms with Crippen LogP contribution >= 0.6 is 11.3 Å². The van der Waals surface area contributed by atoms with Crippen molar-refractivity contribution in [2.75, 3.05) is 5.32 Å². The van der Waals surface area contributed by atoms with Gasteiger partial charge in [0.15, 0.2) is 0 Å². The van der Waals surface area contributed by atoms with Gasteiger partial charge in [0, 0.05) is 29.9 Å². The molecule has 4 rings (SSSR count). The van der Waals surface area contributed by atoms with Crippen LogP contribution in [0.4, 0.5) is 5.82 Å². The molecule has 0 radical (unpaired) electrons. The number of carbonyl (C=O) groups excluding carboxylic acids is 1. The van der Waals surface area contributed by atoms with Gasteiger partial charge in [0.25, 0.3) is 0 Å². The first kappa shape index (κ1) is 19.1. The fourth-order valence-corrected chi connectivity index (χ4v) is 3.53. The maximum atomic E-state index is 12.4. The predicted octanol–water partition coefficient (Wildman–Crippen LogP) is 4.18. The van der Waals surface area contributed by atoms with Crippen molar-refractivity contribution in [3.8, 4) is 11.5 Å². The van der Waals surface area contributed by atoms with Crippen LogP contribution in [0, 0.1) is 0 Å². The van der Waals surface area contributed by atoms with Crippen LogP contribution in [0.2, 0.25) is 0 Å². The summed E-state index contributed by atoms with van der Waals surface area (Å²) in [5, 5.41) is 19.2. The number of rotatable bonds is 8. The van der Waals surface area contributed by atoms with E-state index in [-0.39, 0.29) is 12.3 Å². The van der Waals surface area contributed by atoms with Crippen LogP contribution in [0.1, 0.15) is 30.4 Å². The molecule has 8 heteroatoms. The van der Waals surface area contributed by atoms with Gasteiger partial charge in [0.05, 0.1) is 12.7 Å². The number of aromatic nitrogens is 4. The zero-order valence-corrected chi connectivity index (χ0v) is 16.9. The van der Waals surface area contributed by atoms with Crippen LogP contribution in [0.15, 0.2) is 57.8 Å². The minimum absolute atomic E-state index is 0.122. The lowest BCUT2D eigenvalue weighted by molar-refractivity contribution is -0.116. The van der Waals surface area contributed by atoms with E-state index in [9.17, 15) is 4.79 Å². The van der Waals surface area contributed by atoms with Crippen molar-refractivity contribution in [2.45, 2.75) is 32.7 Å². The van der Waals surface area contributed by atoms with Crippen LogP contribution in [-0.2, 0) is 24.2 Å². The molecule has 148 valence electrons. The van der Waals surface area contributed by atoms with Gasteiger partial charge in [-0.05, 0) is 29.0 Å². The number of carbonyl (C=O) groups is 1. The third-order valence-corrected chi connectivity index (χ3v) is 5.23. The summed E-state index contributed by atoms with van der Waals surface area (Å²) in [7, 11) is 0. The summed E-state index contributed by atoms with van der Waals surface area (Å²) in [6.07, 6.45) is 3.33. The number of nitrogens with zero attached hydrogens (tertiary/aromatic N) is 4. The van der Waals surface area contributed by atoms with Crippen molar-refractivity contribution in [1.82, 2.24) is 20.0 Å². The molecule has 3 aromatic heterocycles. The van der Waals surface area contributed by atoms with Crippen LogP contribution in [0.3, 0.4) is 0 Å². The van der Waals surface area contributed by atoms with Crippen LogP contribution in [0.5, 0.6) is 0 Å². The Balaban J connectivity index is 1.32. The number of amides is 1. The van der Waals surface area contributed by atoms with Crippen molar-refractivity contribution < 1.29 is 9.21 Å². The molecule has 1 aromatic carbocycles. The molecular weight excluding hydrogens is 386 g/mol. The van der Waals surface area contributed by atoms with E-state index in [0.717, 1.165) is 17.5 Å². The largest absolute Gasteiger partial charge is 0.421 e. The normalized spacial score (nSPS) is 10.9. The molecule has 0 bridgehead atoms. The Hall–Kier alpha value is -3.26. The first-order chi connectivity index (χ1) is 14.2. The summed E-state index contributed by atoms with van der Waals surface area (Å²) in [6.45, 7) is 2.73. The van der Waals surface area contributed by atoms with Crippen LogP contribution in [0.25, 0.3) is 11.5 Å². The Kier molecular flexibility index (Phi) is 5.81. The minimum Gasteiger partial charge on any atom is -0.421 e. The van der Waals surface area contributed by atoms with E-state index in [1.807, 2.05) is 16.8 Å². The van der Waals surface area contributed by atoms with E-state index < -0.39 is 0 Å². The molecule has 3 heterocycles. The SMILES string of the molecule is CCc1ccc(Cn2nccc2NC(=O)CCc2nnc(-c3ccsc3)o2)cc1. The molecule has 4 aromatic rings. The van der Waals surface area contributed by atoms with Gasteiger partial charge in [0.2, 0.25) is 17.7 Å². The number of hydrogen-bond acceptors (Lipinski definition) is 6. The highest BCUT2D eigenvalue weighted by Crippen LogP contribution is 2.21. The van der Waals surface area contributed by atoms with Crippen LogP contribution in [-0.4, -0.2) is 25.9 Å². The predicted molar refractivity (Wildman–Crippen MR) is 112 cm³/mol. The molecule has 0 aliphatic rings. The lowest BCUT2D eigenvalue weighted by Gasteiger charge is -2.09. The number of aryl methyl sites for hydroxylation is 2. The monoisotopic (exact) mass is 407 g/mol. The Morgan fingerprint density at radius 1 is 1.14 bits per heavy atom. The minimum atomic E-state index is -0.122. The van der Waals surface area contributed by atoms with Gasteiger partial charge in [-0.3, -0.25) is 4.79 Å². The molecule has 1 amide bonds. The number of anilines is 1. The second kappa shape index (κ2) is 8.83. The van der Waals surface area contributed by atoms with Crippen LogP contribution < -0.4 is 5.32 Å². The van der Waals surface area contributed by atoms with Gasteiger partial charge >= 0.3 is 0 Å². The highest BCUT2D eigenvalue weighted by Gasteiger charge is 2.12. The molecule has 0 aliphatic carbocycles. The number of benzene rings is 1. The molecule has 0 aliphatic heterocycles. The summed E-state index contributed by atoms with van der Waals surface area (Å²) >= 11 is 1.57. The van der Waals surface area contributed by atoms with Gasteiger partial charge in [-0.1, -0.05) is 31.2 Å². The van der Waals surface area contributed by atoms with Gasteiger partial charge < -0.3 is 9.73 Å². The zero-order valence-electron chi connectivity index (χ0n) is 16.0. The van der Waals surface area contributed by atoms with Gasteiger partial charge in [0.1, 0.15) is 5.82 Å². The Labute approximate surface area is 172 Å².